The van der Waals surface area contributed by atoms with E-state index in [1.807, 2.05) is 120 Å². The monoisotopic (exact) mass is 1680 g/mol. The Labute approximate surface area is 699 Å². The van der Waals surface area contributed by atoms with E-state index in [9.17, 15) is 52.7 Å². The van der Waals surface area contributed by atoms with Crippen molar-refractivity contribution in [1.82, 2.24) is 67.9 Å². The zero-order valence-electron chi connectivity index (χ0n) is 69.0. The summed E-state index contributed by atoms with van der Waals surface area (Å²) in [7, 11) is 0. The Bertz CT molecular complexity index is 3920. The number of rotatable bonds is 48. The number of unbranched alkanes of at least 4 members (excludes halogenated alkanes) is 6. The van der Waals surface area contributed by atoms with Gasteiger partial charge in [-0.2, -0.15) is 23.5 Å². The number of ether oxygens (including phenoxy) is 6. The Hall–Kier alpha value is -8.45. The number of imide groups is 1. The van der Waals surface area contributed by atoms with Gasteiger partial charge in [0.15, 0.2) is 0 Å². The van der Waals surface area contributed by atoms with Gasteiger partial charge in [0, 0.05) is 140 Å². The van der Waals surface area contributed by atoms with Crippen LogP contribution in [0.4, 0.5) is 15.3 Å². The summed E-state index contributed by atoms with van der Waals surface area (Å²) in [5, 5.41) is 39.2. The summed E-state index contributed by atoms with van der Waals surface area (Å²) in [6.45, 7) is 14.5. The van der Waals surface area contributed by atoms with E-state index in [1.54, 1.807) is 21.7 Å². The van der Waals surface area contributed by atoms with Crippen molar-refractivity contribution in [2.75, 3.05) is 88.9 Å². The second-order valence-corrected chi connectivity index (χ2v) is 35.1. The number of para-hydroxylation sites is 1. The van der Waals surface area contributed by atoms with Gasteiger partial charge in [0.1, 0.15) is 41.0 Å². The van der Waals surface area contributed by atoms with Crippen LogP contribution in [0.25, 0.3) is 22.5 Å². The molecule has 0 spiro atoms. The number of alkyl carbamates (subject to hydrolysis) is 2. The fourth-order valence-electron chi connectivity index (χ4n) is 15.1. The Morgan fingerprint density at radius 2 is 1.03 bits per heavy atom. The first-order chi connectivity index (χ1) is 56.8. The number of anilines is 1. The highest BCUT2D eigenvalue weighted by atomic mass is 32.2. The first kappa shape index (κ1) is 91.8. The van der Waals surface area contributed by atoms with E-state index in [0.29, 0.717) is 141 Å². The van der Waals surface area contributed by atoms with Crippen molar-refractivity contribution < 1.29 is 86.0 Å². The number of hydroxylamine groups is 2. The normalized spacial score (nSPS) is 19.9. The number of carbonyl (C=O) groups excluding carboxylic acids is 11. The number of ketones is 2. The van der Waals surface area contributed by atoms with Crippen LogP contribution in [-0.4, -0.2) is 228 Å². The molecule has 6 aliphatic heterocycles. The maximum absolute atomic E-state index is 14.7. The fourth-order valence-corrected chi connectivity index (χ4v) is 18.2. The van der Waals surface area contributed by atoms with Gasteiger partial charge in [-0.05, 0) is 128 Å². The third-order valence-electron chi connectivity index (χ3n) is 20.7. The summed E-state index contributed by atoms with van der Waals surface area (Å²) in [6, 6.07) is 21.4. The molecule has 6 aliphatic rings. The van der Waals surface area contributed by atoms with Gasteiger partial charge in [-0.3, -0.25) is 70.3 Å². The fraction of sp³-hybridized carbons (Fsp3) is 0.631. The minimum Gasteiger partial charge on any atom is -0.444 e. The van der Waals surface area contributed by atoms with Crippen molar-refractivity contribution in [3.05, 3.63) is 89.0 Å². The largest absolute Gasteiger partial charge is 0.444 e. The lowest BCUT2D eigenvalue weighted by atomic mass is 9.95. The average Bonchev–Trinajstić information content (AvgIpc) is 1.41. The van der Waals surface area contributed by atoms with Crippen molar-refractivity contribution in [3.63, 3.8) is 0 Å². The number of amides is 8. The van der Waals surface area contributed by atoms with Crippen molar-refractivity contribution in [2.45, 2.75) is 254 Å². The highest BCUT2D eigenvalue weighted by Crippen LogP contribution is 2.42. The van der Waals surface area contributed by atoms with Gasteiger partial charge in [0.05, 0.1) is 83.7 Å². The Kier molecular flexibility index (Phi) is 36.1. The van der Waals surface area contributed by atoms with Gasteiger partial charge in [-0.25, -0.2) is 19.1 Å². The third-order valence-corrected chi connectivity index (χ3v) is 23.7. The number of thioether (sulfide) groups is 2. The summed E-state index contributed by atoms with van der Waals surface area (Å²) in [5.74, 6) is -0.727. The summed E-state index contributed by atoms with van der Waals surface area (Å²) in [5.41, 5.74) is 4.63. The van der Waals surface area contributed by atoms with Crippen LogP contribution < -0.4 is 52.8 Å². The molecule has 0 radical (unpaired) electrons. The highest BCUT2D eigenvalue weighted by molar-refractivity contribution is 8.00. The van der Waals surface area contributed by atoms with Gasteiger partial charge in [0.25, 0.3) is 17.7 Å². The number of nitrogens with one attached hydrogen (secondary N) is 9. The molecule has 5 saturated heterocycles. The van der Waals surface area contributed by atoms with Gasteiger partial charge in [0.2, 0.25) is 17.7 Å². The smallest absolute Gasteiger partial charge is 0.409 e. The molecule has 9 N–H and O–H groups in total. The lowest BCUT2D eigenvalue weighted by Gasteiger charge is -2.29. The number of carbonyl (C=O) groups is 11. The molecule has 34 heteroatoms. The van der Waals surface area contributed by atoms with Crippen LogP contribution in [-0.2, 0) is 97.5 Å². The molecule has 10 rings (SSSR count). The zero-order chi connectivity index (χ0) is 84.0. The minimum atomic E-state index is -0.739. The molecule has 4 aromatic rings. The maximum atomic E-state index is 14.7. The van der Waals surface area contributed by atoms with Crippen molar-refractivity contribution >= 4 is 94.4 Å². The Morgan fingerprint density at radius 1 is 0.525 bits per heavy atom. The number of hydrogen-bond acceptors (Lipinski definition) is 26. The maximum Gasteiger partial charge on any atom is 0.409 e. The molecule has 118 heavy (non-hydrogen) atoms. The number of fused-ring (bicyclic) bond motifs is 7. The van der Waals surface area contributed by atoms with E-state index < -0.39 is 47.1 Å². The van der Waals surface area contributed by atoms with E-state index in [4.69, 9.17) is 33.3 Å². The van der Waals surface area contributed by atoms with E-state index >= 15 is 0 Å². The molecule has 32 nitrogen and oxygen atoms in total. The topological polar surface area (TPSA) is 398 Å². The summed E-state index contributed by atoms with van der Waals surface area (Å²) < 4.78 is 35.2. The first-order valence-corrected chi connectivity index (χ1v) is 43.9. The van der Waals surface area contributed by atoms with E-state index in [-0.39, 0.29) is 150 Å². The molecule has 5 fully saturated rings. The SMILES string of the molecule is CC(C)(C)OC(=O)NC1NC2CSC(CCCCC(=O)NCCCCCC(=O)Cc3cc(CC(=O)CCCCCNC(=O)CCCCC4SCC5NC(NC(=O)OC(C)(C)C)NC54)cc(C(=O)NCCC(=O)N4Cc5ccccc5-c5nnn(CCOCCOCCOCCOCCC(=O)ON6C(=O)CCC6=O)c5-c5ccccc54)c3)C2N1. The molecule has 646 valence electrons. The van der Waals surface area contributed by atoms with Gasteiger partial charge in [-0.1, -0.05) is 79.4 Å². The summed E-state index contributed by atoms with van der Waals surface area (Å²) in [6.07, 6.45) is 8.99. The molecule has 3 aromatic carbocycles. The van der Waals surface area contributed by atoms with E-state index in [0.717, 1.165) is 79.6 Å². The van der Waals surface area contributed by atoms with Crippen LogP contribution in [0.2, 0.25) is 0 Å². The number of aromatic nitrogens is 3. The van der Waals surface area contributed by atoms with Crippen LogP contribution >= 0.6 is 23.5 Å². The lowest BCUT2D eigenvalue weighted by Crippen LogP contribution is -2.51. The third kappa shape index (κ3) is 29.8. The van der Waals surface area contributed by atoms with Crippen LogP contribution in [0.15, 0.2) is 66.7 Å². The number of nitrogens with zero attached hydrogens (tertiary/aromatic N) is 5. The van der Waals surface area contributed by atoms with Crippen LogP contribution in [0.3, 0.4) is 0 Å². The molecule has 0 bridgehead atoms. The lowest BCUT2D eigenvalue weighted by molar-refractivity contribution is -0.198. The van der Waals surface area contributed by atoms with E-state index in [2.05, 4.69) is 58.2 Å². The number of Topliss-reactive ketones (excluding diaryl/α,β-unsaturated/α-hetero) is 2. The standard InChI is InChI=1S/C84H120N14O18S2/c1-83(2,3)114-81(108)92-79-88-63-53-117-66(75(63)90-79)27-15-17-29-68(101)85-35-19-7-9-22-59(99)50-55-47-56(51-60(100)23-10-8-20-36-86-69(102)30-18-16-28-67-76-64(54-118-67)89-80(91-76)93-82(109)115-84(4,5)6)49-58(48-55)78(107)87-37-33-70(103)96-52-57-21-11-12-24-61(57)74-77(62-25-13-14-26-65(62)96)97(95-94-74)38-40-111-42-44-113-46-45-112-43-41-110-39-34-73(106)116-98-71(104)31-32-72(98)105/h11-14,21,24-26,47-49,63-64,66-67,75-76,79-80,88-91H,7-10,15-20,22-23,27-46,50-54H2,1-6H3,(H,85,101)(H,86,102)(H,87,107)(H,92,108)(H,93,109). The average molecular weight is 1680 g/mol. The van der Waals surface area contributed by atoms with Crippen LogP contribution in [0, 0.1) is 0 Å². The molecule has 8 amide bonds. The van der Waals surface area contributed by atoms with Crippen molar-refractivity contribution in [2.24, 2.45) is 0 Å². The summed E-state index contributed by atoms with van der Waals surface area (Å²) in [4.78, 5) is 149. The second kappa shape index (κ2) is 46.4. The molecule has 7 heterocycles. The number of benzene rings is 3. The predicted molar refractivity (Wildman–Crippen MR) is 444 cm³/mol. The highest BCUT2D eigenvalue weighted by Gasteiger charge is 2.45. The first-order valence-electron chi connectivity index (χ1n) is 41.8. The quantitative estimate of drug-likeness (QED) is 0.0151. The number of hydrogen-bond donors (Lipinski definition) is 9. The molecular formula is C84H120N14O18S2. The van der Waals surface area contributed by atoms with E-state index in [1.165, 1.54) is 0 Å². The van der Waals surface area contributed by atoms with Crippen molar-refractivity contribution in [1.29, 1.82) is 0 Å². The molecule has 8 atom stereocenters. The molecule has 0 aliphatic carbocycles. The van der Waals surface area contributed by atoms with Crippen molar-refractivity contribution in [3.8, 4) is 22.5 Å². The summed E-state index contributed by atoms with van der Waals surface area (Å²) >= 11 is 3.81. The zero-order valence-corrected chi connectivity index (χ0v) is 70.7. The molecule has 0 saturated carbocycles. The van der Waals surface area contributed by atoms with Gasteiger partial charge >= 0.3 is 18.2 Å². The van der Waals surface area contributed by atoms with Gasteiger partial charge < -0.3 is 54.1 Å². The minimum absolute atomic E-state index is 0.00187. The molecule has 1 aromatic heterocycles. The van der Waals surface area contributed by atoms with Gasteiger partial charge in [-0.15, -0.1) is 10.2 Å². The molecular weight excluding hydrogens is 1560 g/mol. The van der Waals surface area contributed by atoms with Crippen LogP contribution in [0.1, 0.15) is 197 Å². The Balaban J connectivity index is 0.660. The molecule has 8 unspecified atom stereocenters. The predicted octanol–water partition coefficient (Wildman–Crippen LogP) is 7.75. The second-order valence-electron chi connectivity index (χ2n) is 32.5. The Morgan fingerprint density at radius 3 is 1.57 bits per heavy atom. The van der Waals surface area contributed by atoms with Crippen LogP contribution in [0.5, 0.6) is 0 Å².